The van der Waals surface area contributed by atoms with E-state index in [1.807, 2.05) is 47.8 Å². The van der Waals surface area contributed by atoms with E-state index in [2.05, 4.69) is 14.9 Å². The molecule has 1 saturated carbocycles. The summed E-state index contributed by atoms with van der Waals surface area (Å²) in [6, 6.07) is 12.5. The Balaban J connectivity index is 1.72. The zero-order valence-electron chi connectivity index (χ0n) is 15.9. The minimum Gasteiger partial charge on any atom is -0.351 e. The summed E-state index contributed by atoms with van der Waals surface area (Å²) in [5.74, 6) is -0.484. The highest BCUT2D eigenvalue weighted by Gasteiger charge is 2.36. The van der Waals surface area contributed by atoms with Crippen LogP contribution in [0.5, 0.6) is 0 Å². The number of aromatic nitrogens is 2. The van der Waals surface area contributed by atoms with E-state index < -0.39 is 6.04 Å². The average Bonchev–Trinajstić information content (AvgIpc) is 3.47. The number of thiophene rings is 1. The average molecular weight is 427 g/mol. The summed E-state index contributed by atoms with van der Waals surface area (Å²) < 4.78 is 3.83. The number of nitrogens with one attached hydrogen (secondary N) is 1. The number of para-hydroxylation sites is 1. The monoisotopic (exact) mass is 426 g/mol. The molecule has 0 bridgehead atoms. The first kappa shape index (κ1) is 19.7. The molecule has 29 heavy (non-hydrogen) atoms. The van der Waals surface area contributed by atoms with E-state index in [9.17, 15) is 9.59 Å². The Bertz CT molecular complexity index is 923. The van der Waals surface area contributed by atoms with Crippen LogP contribution in [0.2, 0.25) is 0 Å². The summed E-state index contributed by atoms with van der Waals surface area (Å²) in [5, 5.41) is 10.7. The fourth-order valence-corrected chi connectivity index (χ4v) is 4.94. The number of carbonyl (C=O) groups excluding carboxylic acids is 2. The van der Waals surface area contributed by atoms with E-state index in [1.54, 1.807) is 10.3 Å². The first-order valence-corrected chi connectivity index (χ1v) is 11.4. The van der Waals surface area contributed by atoms with Crippen LogP contribution in [0, 0.1) is 0 Å². The van der Waals surface area contributed by atoms with Gasteiger partial charge in [-0.05, 0) is 48.0 Å². The van der Waals surface area contributed by atoms with Gasteiger partial charge in [-0.3, -0.25) is 14.5 Å². The van der Waals surface area contributed by atoms with Crippen molar-refractivity contribution in [2.45, 2.75) is 44.2 Å². The summed E-state index contributed by atoms with van der Waals surface area (Å²) in [4.78, 5) is 29.2. The van der Waals surface area contributed by atoms with E-state index in [0.717, 1.165) is 42.1 Å². The normalized spacial score (nSPS) is 15.6. The smallest absolute Gasteiger partial charge is 0.280 e. The molecule has 0 saturated heterocycles. The number of hydrogen-bond donors (Lipinski definition) is 1. The van der Waals surface area contributed by atoms with Gasteiger partial charge in [-0.1, -0.05) is 48.0 Å². The van der Waals surface area contributed by atoms with Crippen LogP contribution in [0.3, 0.4) is 0 Å². The molecule has 1 fully saturated rings. The number of hydrogen-bond acceptors (Lipinski definition) is 6. The summed E-state index contributed by atoms with van der Waals surface area (Å²) in [6.07, 6.45) is 5.43. The molecule has 2 aromatic heterocycles. The lowest BCUT2D eigenvalue weighted by Gasteiger charge is -2.32. The molecule has 4 rings (SSSR count). The Morgan fingerprint density at radius 3 is 2.52 bits per heavy atom. The van der Waals surface area contributed by atoms with Crippen molar-refractivity contribution in [1.29, 1.82) is 0 Å². The number of rotatable bonds is 6. The van der Waals surface area contributed by atoms with Crippen LogP contribution in [0.25, 0.3) is 0 Å². The standard InChI is InChI=1S/C21H22N4O2S2/c26-20(22-15-8-3-1-4-9-15)19(18-12-7-13-28-18)25(16-10-5-2-6-11-16)21(27)17-14-29-24-23-17/h2,5-7,10-15,19H,1,3-4,8-9H2,(H,22,26)/t19-/m1/s1. The Hall–Kier alpha value is -2.58. The van der Waals surface area contributed by atoms with Crippen molar-refractivity contribution in [3.8, 4) is 0 Å². The van der Waals surface area contributed by atoms with Gasteiger partial charge < -0.3 is 5.32 Å². The van der Waals surface area contributed by atoms with Crippen LogP contribution in [-0.4, -0.2) is 27.4 Å². The van der Waals surface area contributed by atoms with Gasteiger partial charge >= 0.3 is 0 Å². The van der Waals surface area contributed by atoms with Crippen LogP contribution in [0.4, 0.5) is 5.69 Å². The number of benzene rings is 1. The summed E-state index contributed by atoms with van der Waals surface area (Å²) in [7, 11) is 0. The molecule has 1 aliphatic rings. The van der Waals surface area contributed by atoms with Gasteiger partial charge in [0.05, 0.1) is 0 Å². The van der Waals surface area contributed by atoms with Gasteiger partial charge in [-0.25, -0.2) is 0 Å². The Labute approximate surface area is 177 Å². The van der Waals surface area contributed by atoms with E-state index in [0.29, 0.717) is 5.69 Å². The molecule has 2 heterocycles. The lowest BCUT2D eigenvalue weighted by molar-refractivity contribution is -0.123. The third kappa shape index (κ3) is 4.54. The molecule has 0 spiro atoms. The van der Waals surface area contributed by atoms with Crippen molar-refractivity contribution < 1.29 is 9.59 Å². The van der Waals surface area contributed by atoms with Gasteiger partial charge in [-0.15, -0.1) is 16.4 Å². The predicted octanol–water partition coefficient (Wildman–Crippen LogP) is 4.44. The largest absolute Gasteiger partial charge is 0.351 e. The van der Waals surface area contributed by atoms with Gasteiger partial charge in [0.25, 0.3) is 5.91 Å². The van der Waals surface area contributed by atoms with Gasteiger partial charge in [0.1, 0.15) is 0 Å². The quantitative estimate of drug-likeness (QED) is 0.632. The van der Waals surface area contributed by atoms with Crippen LogP contribution in [0.15, 0.2) is 53.2 Å². The molecule has 6 nitrogen and oxygen atoms in total. The Morgan fingerprint density at radius 1 is 1.07 bits per heavy atom. The third-order valence-electron chi connectivity index (χ3n) is 5.10. The molecule has 0 unspecified atom stereocenters. The van der Waals surface area contributed by atoms with Crippen molar-refractivity contribution >= 4 is 40.4 Å². The molecule has 1 N–H and O–H groups in total. The SMILES string of the molecule is O=C(NC1CCCCC1)[C@@H](c1cccs1)N(C(=O)c1csnn1)c1ccccc1. The number of amides is 2. The molecular formula is C21H22N4O2S2. The molecule has 1 aromatic carbocycles. The van der Waals surface area contributed by atoms with Gasteiger partial charge in [0.15, 0.2) is 11.7 Å². The fraction of sp³-hybridized carbons (Fsp3) is 0.333. The molecule has 0 radical (unpaired) electrons. The summed E-state index contributed by atoms with van der Waals surface area (Å²) >= 11 is 2.59. The zero-order valence-corrected chi connectivity index (χ0v) is 17.5. The van der Waals surface area contributed by atoms with Gasteiger partial charge in [-0.2, -0.15) is 0 Å². The molecule has 0 aliphatic heterocycles. The molecule has 8 heteroatoms. The molecule has 2 amide bonds. The molecule has 1 atom stereocenters. The van der Waals surface area contributed by atoms with Crippen molar-refractivity contribution in [3.05, 3.63) is 63.8 Å². The minimum absolute atomic E-state index is 0.153. The Kier molecular flexibility index (Phi) is 6.31. The minimum atomic E-state index is -0.756. The maximum Gasteiger partial charge on any atom is 0.280 e. The van der Waals surface area contributed by atoms with Crippen molar-refractivity contribution in [2.75, 3.05) is 4.90 Å². The lowest BCUT2D eigenvalue weighted by atomic mass is 9.95. The second-order valence-electron chi connectivity index (χ2n) is 7.06. The van der Waals surface area contributed by atoms with Crippen LogP contribution in [0.1, 0.15) is 53.5 Å². The maximum absolute atomic E-state index is 13.5. The number of carbonyl (C=O) groups is 2. The second-order valence-corrected chi connectivity index (χ2v) is 8.65. The van der Waals surface area contributed by atoms with Crippen LogP contribution in [-0.2, 0) is 4.79 Å². The maximum atomic E-state index is 13.5. The Morgan fingerprint density at radius 2 is 1.86 bits per heavy atom. The summed E-state index contributed by atoms with van der Waals surface area (Å²) in [6.45, 7) is 0. The molecule has 3 aromatic rings. The highest BCUT2D eigenvalue weighted by atomic mass is 32.1. The highest BCUT2D eigenvalue weighted by Crippen LogP contribution is 2.32. The van der Waals surface area contributed by atoms with Crippen molar-refractivity contribution in [1.82, 2.24) is 14.9 Å². The fourth-order valence-electron chi connectivity index (χ4n) is 3.70. The van der Waals surface area contributed by atoms with Gasteiger partial charge in [0.2, 0.25) is 5.91 Å². The van der Waals surface area contributed by atoms with Gasteiger partial charge in [0, 0.05) is 22.0 Å². The number of nitrogens with zero attached hydrogens (tertiary/aromatic N) is 3. The van der Waals surface area contributed by atoms with E-state index in [4.69, 9.17) is 0 Å². The van der Waals surface area contributed by atoms with Crippen LogP contribution >= 0.6 is 22.9 Å². The zero-order chi connectivity index (χ0) is 20.1. The second kappa shape index (κ2) is 9.28. The van der Waals surface area contributed by atoms with E-state index in [1.165, 1.54) is 17.8 Å². The highest BCUT2D eigenvalue weighted by molar-refractivity contribution is 7.10. The third-order valence-corrected chi connectivity index (χ3v) is 6.53. The van der Waals surface area contributed by atoms with Crippen LogP contribution < -0.4 is 10.2 Å². The predicted molar refractivity (Wildman–Crippen MR) is 115 cm³/mol. The van der Waals surface area contributed by atoms with E-state index >= 15 is 0 Å². The molecule has 1 aliphatic carbocycles. The summed E-state index contributed by atoms with van der Waals surface area (Å²) in [5.41, 5.74) is 0.897. The lowest BCUT2D eigenvalue weighted by Crippen LogP contribution is -2.47. The first-order valence-electron chi connectivity index (χ1n) is 9.73. The molecular weight excluding hydrogens is 404 g/mol. The van der Waals surface area contributed by atoms with Crippen molar-refractivity contribution in [3.63, 3.8) is 0 Å². The number of anilines is 1. The van der Waals surface area contributed by atoms with Crippen molar-refractivity contribution in [2.24, 2.45) is 0 Å². The topological polar surface area (TPSA) is 75.2 Å². The molecule has 150 valence electrons. The first-order chi connectivity index (χ1) is 14.2. The van der Waals surface area contributed by atoms with E-state index in [-0.39, 0.29) is 23.6 Å².